The number of esters is 1. The molecule has 1 unspecified atom stereocenters. The molecule has 13 nitrogen and oxygen atoms in total. The van der Waals surface area contributed by atoms with E-state index in [1.807, 2.05) is 0 Å². The first-order chi connectivity index (χ1) is 16.0. The number of nitro groups is 2. The highest BCUT2D eigenvalue weighted by Crippen LogP contribution is 2.31. The molecule has 176 valence electrons. The number of imide groups is 1. The van der Waals surface area contributed by atoms with Crippen LogP contribution in [0.1, 0.15) is 34.1 Å². The molecular formula is C20H15ClN4O9. The van der Waals surface area contributed by atoms with Gasteiger partial charge in [-0.2, -0.15) is 0 Å². The number of nitrogens with zero attached hydrogens (tertiary/aromatic N) is 3. The maximum atomic E-state index is 12.5. The summed E-state index contributed by atoms with van der Waals surface area (Å²) >= 11 is 5.91. The van der Waals surface area contributed by atoms with Gasteiger partial charge in [0.2, 0.25) is 0 Å². The predicted octanol–water partition coefficient (Wildman–Crippen LogP) is 2.71. The molecule has 0 aliphatic carbocycles. The van der Waals surface area contributed by atoms with E-state index >= 15 is 0 Å². The first-order valence-corrected chi connectivity index (χ1v) is 9.97. The Hall–Kier alpha value is -4.39. The topological polar surface area (TPSA) is 179 Å². The second-order valence-corrected chi connectivity index (χ2v) is 7.42. The molecule has 1 atom stereocenters. The third-order valence-electron chi connectivity index (χ3n) is 4.81. The van der Waals surface area contributed by atoms with E-state index in [4.69, 9.17) is 16.3 Å². The molecule has 3 amide bonds. The summed E-state index contributed by atoms with van der Waals surface area (Å²) in [7, 11) is 0. The van der Waals surface area contributed by atoms with Crippen LogP contribution in [0.25, 0.3) is 0 Å². The van der Waals surface area contributed by atoms with Gasteiger partial charge in [-0.1, -0.05) is 17.7 Å². The summed E-state index contributed by atoms with van der Waals surface area (Å²) in [6.07, 6.45) is -1.77. The van der Waals surface area contributed by atoms with Gasteiger partial charge in [0.15, 0.2) is 6.10 Å². The number of amides is 3. The number of benzene rings is 2. The summed E-state index contributed by atoms with van der Waals surface area (Å²) in [5.74, 6) is -3.38. The lowest BCUT2D eigenvalue weighted by Gasteiger charge is -2.16. The first-order valence-electron chi connectivity index (χ1n) is 9.59. The molecule has 0 saturated carbocycles. The van der Waals surface area contributed by atoms with Gasteiger partial charge in [0.1, 0.15) is 5.56 Å². The average Bonchev–Trinajstić information content (AvgIpc) is 3.03. The van der Waals surface area contributed by atoms with Gasteiger partial charge in [0.05, 0.1) is 32.5 Å². The van der Waals surface area contributed by atoms with Crippen molar-refractivity contribution in [2.45, 2.75) is 19.4 Å². The second kappa shape index (κ2) is 9.62. The van der Waals surface area contributed by atoms with Crippen molar-refractivity contribution in [1.29, 1.82) is 0 Å². The summed E-state index contributed by atoms with van der Waals surface area (Å²) in [5.41, 5.74) is -1.22. The van der Waals surface area contributed by atoms with Crippen molar-refractivity contribution in [3.63, 3.8) is 0 Å². The minimum atomic E-state index is -1.30. The second-order valence-electron chi connectivity index (χ2n) is 7.01. The quantitative estimate of drug-likeness (QED) is 0.252. The number of ether oxygens (including phenoxy) is 1. The Bertz CT molecular complexity index is 1250. The molecule has 1 aliphatic rings. The van der Waals surface area contributed by atoms with Crippen LogP contribution in [-0.2, 0) is 14.3 Å². The SMILES string of the molecule is CC(OC(=O)CCN1C(=O)c2cccc([N+](=O)[O-])c2C1=O)C(=O)Nc1ccc([N+](=O)[O-])cc1Cl. The molecule has 0 fully saturated rings. The zero-order chi connectivity index (χ0) is 25.2. The number of fused-ring (bicyclic) bond motifs is 1. The predicted molar refractivity (Wildman–Crippen MR) is 115 cm³/mol. The molecule has 14 heteroatoms. The van der Waals surface area contributed by atoms with Gasteiger partial charge in [-0.15, -0.1) is 0 Å². The fraction of sp³-hybridized carbons (Fsp3) is 0.200. The van der Waals surface area contributed by atoms with E-state index in [-0.39, 0.29) is 27.5 Å². The van der Waals surface area contributed by atoms with Crippen molar-refractivity contribution in [3.05, 3.63) is 72.8 Å². The number of nitro benzene ring substituents is 2. The number of rotatable bonds is 8. The summed E-state index contributed by atoms with van der Waals surface area (Å²) in [6, 6.07) is 7.03. The minimum absolute atomic E-state index is 0.0628. The van der Waals surface area contributed by atoms with Crippen LogP contribution in [0.3, 0.4) is 0 Å². The van der Waals surface area contributed by atoms with Crippen molar-refractivity contribution in [2.75, 3.05) is 11.9 Å². The highest BCUT2D eigenvalue weighted by molar-refractivity contribution is 6.34. The molecule has 0 radical (unpaired) electrons. The van der Waals surface area contributed by atoms with Crippen molar-refractivity contribution in [2.24, 2.45) is 0 Å². The fourth-order valence-corrected chi connectivity index (χ4v) is 3.36. The van der Waals surface area contributed by atoms with E-state index in [2.05, 4.69) is 5.32 Å². The zero-order valence-corrected chi connectivity index (χ0v) is 18.1. The Morgan fingerprint density at radius 1 is 1.12 bits per heavy atom. The van der Waals surface area contributed by atoms with Crippen molar-refractivity contribution < 1.29 is 33.8 Å². The van der Waals surface area contributed by atoms with Gasteiger partial charge in [-0.25, -0.2) is 0 Å². The lowest BCUT2D eigenvalue weighted by molar-refractivity contribution is -0.385. The van der Waals surface area contributed by atoms with Crippen molar-refractivity contribution >= 4 is 52.4 Å². The number of nitrogens with one attached hydrogen (secondary N) is 1. The third kappa shape index (κ3) is 4.83. The van der Waals surface area contributed by atoms with Gasteiger partial charge >= 0.3 is 5.97 Å². The van der Waals surface area contributed by atoms with E-state index in [1.165, 1.54) is 25.1 Å². The monoisotopic (exact) mass is 490 g/mol. The molecule has 0 spiro atoms. The van der Waals surface area contributed by atoms with Gasteiger partial charge in [-0.05, 0) is 19.1 Å². The highest BCUT2D eigenvalue weighted by Gasteiger charge is 2.41. The number of hydrogen-bond donors (Lipinski definition) is 1. The number of carbonyl (C=O) groups excluding carboxylic acids is 4. The molecule has 1 heterocycles. The normalized spacial score (nSPS) is 13.3. The molecule has 1 aliphatic heterocycles. The minimum Gasteiger partial charge on any atom is -0.452 e. The lowest BCUT2D eigenvalue weighted by atomic mass is 10.1. The smallest absolute Gasteiger partial charge is 0.308 e. The Morgan fingerprint density at radius 2 is 1.82 bits per heavy atom. The Kier molecular flexibility index (Phi) is 6.86. The Morgan fingerprint density at radius 3 is 2.44 bits per heavy atom. The van der Waals surface area contributed by atoms with Gasteiger partial charge < -0.3 is 10.1 Å². The van der Waals surface area contributed by atoms with E-state index in [0.29, 0.717) is 4.90 Å². The number of carbonyl (C=O) groups is 4. The first kappa shape index (κ1) is 24.3. The fourth-order valence-electron chi connectivity index (χ4n) is 3.14. The maximum absolute atomic E-state index is 12.5. The summed E-state index contributed by atoms with van der Waals surface area (Å²) in [6.45, 7) is 0.850. The van der Waals surface area contributed by atoms with Crippen LogP contribution in [0.5, 0.6) is 0 Å². The zero-order valence-electron chi connectivity index (χ0n) is 17.3. The summed E-state index contributed by atoms with van der Waals surface area (Å²) in [5, 5.41) is 24.2. The van der Waals surface area contributed by atoms with Gasteiger partial charge in [0, 0.05) is 24.7 Å². The average molecular weight is 491 g/mol. The Balaban J connectivity index is 1.58. The maximum Gasteiger partial charge on any atom is 0.308 e. The number of halogens is 1. The number of non-ortho nitro benzene ring substituents is 1. The summed E-state index contributed by atoms with van der Waals surface area (Å²) in [4.78, 5) is 70.5. The van der Waals surface area contributed by atoms with Crippen molar-refractivity contribution in [3.8, 4) is 0 Å². The van der Waals surface area contributed by atoms with Gasteiger partial charge in [0.25, 0.3) is 29.1 Å². The number of anilines is 1. The van der Waals surface area contributed by atoms with Crippen LogP contribution >= 0.6 is 11.6 Å². The molecule has 1 N–H and O–H groups in total. The highest BCUT2D eigenvalue weighted by atomic mass is 35.5. The van der Waals surface area contributed by atoms with E-state index in [1.54, 1.807) is 0 Å². The molecule has 0 aromatic heterocycles. The molecule has 0 saturated heterocycles. The molecule has 3 rings (SSSR count). The molecular weight excluding hydrogens is 476 g/mol. The standard InChI is InChI=1S/C20H15ClN4O9/c1-10(18(27)22-14-6-5-11(24(30)31)9-13(14)21)34-16(26)7-8-23-19(28)12-3-2-4-15(25(32)33)17(12)20(23)29/h2-6,9-10H,7-8H2,1H3,(H,22,27). The van der Waals surface area contributed by atoms with E-state index < -0.39 is 58.3 Å². The Labute approximate surface area is 195 Å². The van der Waals surface area contributed by atoms with Crippen molar-refractivity contribution in [1.82, 2.24) is 4.90 Å². The molecule has 0 bridgehead atoms. The van der Waals surface area contributed by atoms with E-state index in [0.717, 1.165) is 18.2 Å². The van der Waals surface area contributed by atoms with Crippen LogP contribution in [0.4, 0.5) is 17.1 Å². The third-order valence-corrected chi connectivity index (χ3v) is 5.12. The van der Waals surface area contributed by atoms with E-state index in [9.17, 15) is 39.4 Å². The number of hydrogen-bond acceptors (Lipinski definition) is 9. The van der Waals surface area contributed by atoms with Crippen LogP contribution < -0.4 is 5.32 Å². The van der Waals surface area contributed by atoms with Crippen LogP contribution in [-0.4, -0.2) is 51.1 Å². The summed E-state index contributed by atoms with van der Waals surface area (Å²) < 4.78 is 5.00. The largest absolute Gasteiger partial charge is 0.452 e. The molecule has 34 heavy (non-hydrogen) atoms. The molecule has 2 aromatic rings. The lowest BCUT2D eigenvalue weighted by Crippen LogP contribution is -2.34. The van der Waals surface area contributed by atoms with Crippen LogP contribution in [0.2, 0.25) is 5.02 Å². The van der Waals surface area contributed by atoms with Crippen LogP contribution in [0, 0.1) is 20.2 Å². The van der Waals surface area contributed by atoms with Gasteiger partial charge in [-0.3, -0.25) is 44.3 Å². The van der Waals surface area contributed by atoms with Crippen LogP contribution in [0.15, 0.2) is 36.4 Å². The molecule has 2 aromatic carbocycles.